The Balaban J connectivity index is 2.20. The molecule has 1 aliphatic heterocycles. The van der Waals surface area contributed by atoms with Gasteiger partial charge in [0, 0.05) is 18.4 Å². The van der Waals surface area contributed by atoms with Crippen molar-refractivity contribution in [1.29, 1.82) is 0 Å². The normalized spacial score (nSPS) is 21.1. The van der Waals surface area contributed by atoms with E-state index in [-0.39, 0.29) is 25.0 Å². The van der Waals surface area contributed by atoms with Gasteiger partial charge in [0.2, 0.25) is 5.91 Å². The zero-order valence-electron chi connectivity index (χ0n) is 9.71. The van der Waals surface area contributed by atoms with Crippen LogP contribution in [0.2, 0.25) is 0 Å². The smallest absolute Gasteiger partial charge is 0.374 e. The van der Waals surface area contributed by atoms with Gasteiger partial charge >= 0.3 is 6.18 Å². The van der Waals surface area contributed by atoms with Gasteiger partial charge in [0.05, 0.1) is 25.7 Å². The van der Waals surface area contributed by atoms with E-state index in [0.717, 1.165) is 0 Å². The lowest BCUT2D eigenvalue weighted by Crippen LogP contribution is -2.46. The zero-order valence-corrected chi connectivity index (χ0v) is 11.3. The van der Waals surface area contributed by atoms with Crippen LogP contribution in [-0.4, -0.2) is 61.3 Å². The Kier molecular flexibility index (Phi) is 6.37. The number of rotatable bonds is 5. The molecular formula is C10H15BrF3NO3. The predicted molar refractivity (Wildman–Crippen MR) is 61.6 cm³/mol. The highest BCUT2D eigenvalue weighted by molar-refractivity contribution is 9.09. The standard InChI is InChI=1S/C10H15BrF3NO3/c11-5-8-6-15(2-4-18-8)9(16)1-3-17-7-10(12,13)14/h8H,1-7H2. The molecule has 1 fully saturated rings. The van der Waals surface area contributed by atoms with Crippen LogP contribution in [-0.2, 0) is 14.3 Å². The summed E-state index contributed by atoms with van der Waals surface area (Å²) < 4.78 is 45.1. The highest BCUT2D eigenvalue weighted by Gasteiger charge is 2.28. The van der Waals surface area contributed by atoms with Gasteiger partial charge in [0.25, 0.3) is 0 Å². The van der Waals surface area contributed by atoms with Crippen molar-refractivity contribution < 1.29 is 27.4 Å². The molecule has 0 bridgehead atoms. The monoisotopic (exact) mass is 333 g/mol. The third-order valence-electron chi connectivity index (χ3n) is 2.39. The Morgan fingerprint density at radius 1 is 1.50 bits per heavy atom. The van der Waals surface area contributed by atoms with Crippen molar-refractivity contribution in [2.75, 3.05) is 38.2 Å². The molecule has 0 aromatic rings. The van der Waals surface area contributed by atoms with Crippen LogP contribution in [0, 0.1) is 0 Å². The van der Waals surface area contributed by atoms with Gasteiger partial charge in [0.15, 0.2) is 0 Å². The number of ether oxygens (including phenoxy) is 2. The minimum Gasteiger partial charge on any atom is -0.374 e. The van der Waals surface area contributed by atoms with Crippen molar-refractivity contribution in [2.24, 2.45) is 0 Å². The average Bonchev–Trinajstić information content (AvgIpc) is 2.33. The van der Waals surface area contributed by atoms with E-state index in [0.29, 0.717) is 25.0 Å². The Hall–Kier alpha value is -0.340. The van der Waals surface area contributed by atoms with Crippen molar-refractivity contribution in [3.05, 3.63) is 0 Å². The molecule has 0 N–H and O–H groups in total. The van der Waals surface area contributed by atoms with Crippen LogP contribution in [0.1, 0.15) is 6.42 Å². The molecule has 1 aliphatic rings. The predicted octanol–water partition coefficient (Wildman–Crippen LogP) is 1.58. The van der Waals surface area contributed by atoms with E-state index >= 15 is 0 Å². The summed E-state index contributed by atoms with van der Waals surface area (Å²) in [6.07, 6.45) is -4.44. The number of nitrogens with zero attached hydrogens (tertiary/aromatic N) is 1. The molecule has 18 heavy (non-hydrogen) atoms. The van der Waals surface area contributed by atoms with Gasteiger partial charge in [-0.05, 0) is 0 Å². The summed E-state index contributed by atoms with van der Waals surface area (Å²) in [5.41, 5.74) is 0. The Morgan fingerprint density at radius 3 is 2.83 bits per heavy atom. The SMILES string of the molecule is O=C(CCOCC(F)(F)F)N1CCOC(CBr)C1. The quantitative estimate of drug-likeness (QED) is 0.566. The lowest BCUT2D eigenvalue weighted by atomic mass is 10.2. The average molecular weight is 334 g/mol. The molecule has 4 nitrogen and oxygen atoms in total. The number of carbonyl (C=O) groups excluding carboxylic acids is 1. The fourth-order valence-electron chi connectivity index (χ4n) is 1.54. The molecule has 0 aliphatic carbocycles. The molecule has 1 saturated heterocycles. The number of amides is 1. The van der Waals surface area contributed by atoms with Gasteiger partial charge in [-0.2, -0.15) is 13.2 Å². The molecule has 8 heteroatoms. The molecule has 1 amide bonds. The molecule has 1 rings (SSSR count). The van der Waals surface area contributed by atoms with Crippen LogP contribution in [0.3, 0.4) is 0 Å². The fourth-order valence-corrected chi connectivity index (χ4v) is 1.94. The maximum Gasteiger partial charge on any atom is 0.411 e. The summed E-state index contributed by atoms with van der Waals surface area (Å²) in [6, 6.07) is 0. The molecule has 0 saturated carbocycles. The lowest BCUT2D eigenvalue weighted by Gasteiger charge is -2.32. The zero-order chi connectivity index (χ0) is 13.6. The molecule has 106 valence electrons. The number of alkyl halides is 4. The van der Waals surface area contributed by atoms with Gasteiger partial charge in [0.1, 0.15) is 6.61 Å². The van der Waals surface area contributed by atoms with Gasteiger partial charge < -0.3 is 14.4 Å². The summed E-state index contributed by atoms with van der Waals surface area (Å²) >= 11 is 3.26. The molecule has 1 unspecified atom stereocenters. The van der Waals surface area contributed by atoms with Crippen LogP contribution < -0.4 is 0 Å². The number of hydrogen-bond acceptors (Lipinski definition) is 3. The Morgan fingerprint density at radius 2 is 2.22 bits per heavy atom. The first-order chi connectivity index (χ1) is 8.42. The number of carbonyl (C=O) groups is 1. The Bertz CT molecular complexity index is 276. The number of hydrogen-bond donors (Lipinski definition) is 0. The second-order valence-electron chi connectivity index (χ2n) is 3.90. The van der Waals surface area contributed by atoms with Gasteiger partial charge in [-0.15, -0.1) is 0 Å². The number of morpholine rings is 1. The molecule has 1 atom stereocenters. The Labute approximate surface area is 112 Å². The largest absolute Gasteiger partial charge is 0.411 e. The van der Waals surface area contributed by atoms with Gasteiger partial charge in [-0.25, -0.2) is 0 Å². The maximum atomic E-state index is 11.8. The summed E-state index contributed by atoms with van der Waals surface area (Å²) in [5, 5.41) is 0.626. The molecule has 0 spiro atoms. The number of halogens is 4. The van der Waals surface area contributed by atoms with E-state index in [1.807, 2.05) is 0 Å². The molecule has 0 radical (unpaired) electrons. The van der Waals surface area contributed by atoms with Crippen molar-refractivity contribution >= 4 is 21.8 Å². The van der Waals surface area contributed by atoms with Crippen LogP contribution in [0.4, 0.5) is 13.2 Å². The van der Waals surface area contributed by atoms with Crippen LogP contribution in [0.5, 0.6) is 0 Å². The highest BCUT2D eigenvalue weighted by atomic mass is 79.9. The van der Waals surface area contributed by atoms with E-state index in [2.05, 4.69) is 20.7 Å². The van der Waals surface area contributed by atoms with Gasteiger partial charge in [-0.1, -0.05) is 15.9 Å². The molecular weight excluding hydrogens is 319 g/mol. The first-order valence-electron chi connectivity index (χ1n) is 5.52. The molecule has 1 heterocycles. The second kappa shape index (κ2) is 7.30. The lowest BCUT2D eigenvalue weighted by molar-refractivity contribution is -0.175. The van der Waals surface area contributed by atoms with E-state index in [1.54, 1.807) is 4.90 Å². The van der Waals surface area contributed by atoms with E-state index < -0.39 is 12.8 Å². The third kappa shape index (κ3) is 6.01. The van der Waals surface area contributed by atoms with Crippen molar-refractivity contribution in [3.63, 3.8) is 0 Å². The first-order valence-corrected chi connectivity index (χ1v) is 6.64. The minimum absolute atomic E-state index is 0.0366. The maximum absolute atomic E-state index is 11.8. The molecule has 0 aromatic heterocycles. The van der Waals surface area contributed by atoms with Crippen LogP contribution in [0.25, 0.3) is 0 Å². The van der Waals surface area contributed by atoms with Crippen molar-refractivity contribution in [3.8, 4) is 0 Å². The second-order valence-corrected chi connectivity index (χ2v) is 4.55. The van der Waals surface area contributed by atoms with Crippen LogP contribution in [0.15, 0.2) is 0 Å². The third-order valence-corrected chi connectivity index (χ3v) is 3.11. The minimum atomic E-state index is -4.34. The first kappa shape index (κ1) is 15.7. The van der Waals surface area contributed by atoms with Gasteiger partial charge in [-0.3, -0.25) is 4.79 Å². The highest BCUT2D eigenvalue weighted by Crippen LogP contribution is 2.14. The molecule has 0 aromatic carbocycles. The summed E-state index contributed by atoms with van der Waals surface area (Å²) in [5.74, 6) is -0.202. The fraction of sp³-hybridized carbons (Fsp3) is 0.900. The van der Waals surface area contributed by atoms with Crippen molar-refractivity contribution in [1.82, 2.24) is 4.90 Å². The summed E-state index contributed by atoms with van der Waals surface area (Å²) in [6.45, 7) is -0.140. The van der Waals surface area contributed by atoms with E-state index in [1.165, 1.54) is 0 Å². The summed E-state index contributed by atoms with van der Waals surface area (Å²) in [4.78, 5) is 13.3. The topological polar surface area (TPSA) is 38.8 Å². The van der Waals surface area contributed by atoms with Crippen molar-refractivity contribution in [2.45, 2.75) is 18.7 Å². The van der Waals surface area contributed by atoms with E-state index in [9.17, 15) is 18.0 Å². The van der Waals surface area contributed by atoms with Crippen LogP contribution >= 0.6 is 15.9 Å². The van der Waals surface area contributed by atoms with E-state index in [4.69, 9.17) is 4.74 Å². The summed E-state index contributed by atoms with van der Waals surface area (Å²) in [7, 11) is 0.